The number of hydrogen-bond donors (Lipinski definition) is 2. The number of methoxy groups -OCH3 is 1. The summed E-state index contributed by atoms with van der Waals surface area (Å²) in [5, 5.41) is 5.76. The van der Waals surface area contributed by atoms with E-state index in [9.17, 15) is 14.0 Å². The van der Waals surface area contributed by atoms with Gasteiger partial charge in [-0.25, -0.2) is 4.39 Å². The van der Waals surface area contributed by atoms with Gasteiger partial charge in [-0.3, -0.25) is 9.59 Å². The minimum Gasteiger partial charge on any atom is -0.494 e. The number of nitrogens with one attached hydrogen (secondary N) is 2. The molecule has 25 heavy (non-hydrogen) atoms. The van der Waals surface area contributed by atoms with Crippen LogP contribution in [0.1, 0.15) is 30.4 Å². The third kappa shape index (κ3) is 3.44. The van der Waals surface area contributed by atoms with Gasteiger partial charge in [-0.05, 0) is 29.3 Å². The maximum Gasteiger partial charge on any atom is 0.225 e. The summed E-state index contributed by atoms with van der Waals surface area (Å²) >= 11 is 6.19. The quantitative estimate of drug-likeness (QED) is 0.869. The molecule has 3 rings (SSSR count). The second-order valence-electron chi connectivity index (χ2n) is 5.79. The Morgan fingerprint density at radius 2 is 2.08 bits per heavy atom. The molecule has 0 spiro atoms. The van der Waals surface area contributed by atoms with Crippen molar-refractivity contribution < 1.29 is 18.7 Å². The first kappa shape index (κ1) is 17.2. The van der Waals surface area contributed by atoms with Crippen molar-refractivity contribution in [2.45, 2.75) is 19.3 Å². The van der Waals surface area contributed by atoms with Gasteiger partial charge in [0.05, 0.1) is 12.8 Å². The average molecular weight is 363 g/mol. The molecule has 1 aliphatic rings. The van der Waals surface area contributed by atoms with Crippen molar-refractivity contribution in [3.63, 3.8) is 0 Å². The smallest absolute Gasteiger partial charge is 0.225 e. The molecule has 0 saturated carbocycles. The highest BCUT2D eigenvalue weighted by atomic mass is 35.5. The number of hydrogen-bond acceptors (Lipinski definition) is 3. The summed E-state index contributed by atoms with van der Waals surface area (Å²) in [7, 11) is 1.48. The highest BCUT2D eigenvalue weighted by Gasteiger charge is 2.29. The lowest BCUT2D eigenvalue weighted by Gasteiger charge is -2.28. The van der Waals surface area contributed by atoms with Crippen molar-refractivity contribution in [1.82, 2.24) is 0 Å². The van der Waals surface area contributed by atoms with Crippen LogP contribution in [0.2, 0.25) is 5.02 Å². The fraction of sp³-hybridized carbons (Fsp3) is 0.222. The lowest BCUT2D eigenvalue weighted by molar-refractivity contribution is -0.117. The average Bonchev–Trinajstić information content (AvgIpc) is 2.53. The van der Waals surface area contributed by atoms with E-state index in [0.717, 1.165) is 5.56 Å². The molecule has 0 aromatic heterocycles. The summed E-state index contributed by atoms with van der Waals surface area (Å²) in [4.78, 5) is 23.6. The topological polar surface area (TPSA) is 67.4 Å². The van der Waals surface area contributed by atoms with Crippen LogP contribution in [0.15, 0.2) is 30.3 Å². The summed E-state index contributed by atoms with van der Waals surface area (Å²) in [6.45, 7) is 1.40. The molecule has 0 bridgehead atoms. The Morgan fingerprint density at radius 3 is 2.72 bits per heavy atom. The molecule has 1 atom stereocenters. The van der Waals surface area contributed by atoms with Crippen LogP contribution < -0.4 is 15.4 Å². The third-order valence-electron chi connectivity index (χ3n) is 4.06. The zero-order valence-electron chi connectivity index (χ0n) is 13.7. The minimum atomic E-state index is -0.442. The number of fused-ring (bicyclic) bond motifs is 1. The van der Waals surface area contributed by atoms with E-state index in [1.807, 2.05) is 0 Å². The van der Waals surface area contributed by atoms with Crippen LogP contribution >= 0.6 is 11.6 Å². The number of amides is 2. The van der Waals surface area contributed by atoms with Crippen molar-refractivity contribution in [3.05, 3.63) is 52.3 Å². The molecule has 1 heterocycles. The molecule has 1 unspecified atom stereocenters. The molecule has 2 amide bonds. The standard InChI is InChI=1S/C18H16ClFN2O3/c1-9(23)21-16-6-13-12(11-4-3-10(20)5-14(11)19)7-18(24)22-15(13)8-17(16)25-2/h3-6,8,12H,7H2,1-2H3,(H,21,23)(H,22,24). The predicted octanol–water partition coefficient (Wildman–Crippen LogP) is 3.92. The van der Waals surface area contributed by atoms with E-state index in [1.54, 1.807) is 18.2 Å². The molecule has 0 aliphatic carbocycles. The zero-order valence-corrected chi connectivity index (χ0v) is 14.4. The van der Waals surface area contributed by atoms with Crippen LogP contribution in [0.4, 0.5) is 15.8 Å². The molecule has 5 nitrogen and oxygen atoms in total. The first-order chi connectivity index (χ1) is 11.9. The fourth-order valence-corrected chi connectivity index (χ4v) is 3.31. The summed E-state index contributed by atoms with van der Waals surface area (Å²) in [5.41, 5.74) is 2.50. The molecular formula is C18H16ClFN2O3. The van der Waals surface area contributed by atoms with Crippen LogP contribution in [0.25, 0.3) is 0 Å². The van der Waals surface area contributed by atoms with Crippen molar-refractivity contribution >= 4 is 34.8 Å². The molecule has 2 aromatic rings. The van der Waals surface area contributed by atoms with Crippen LogP contribution in [-0.2, 0) is 9.59 Å². The van der Waals surface area contributed by atoms with Crippen molar-refractivity contribution in [2.24, 2.45) is 0 Å². The summed E-state index contributed by atoms with van der Waals surface area (Å²) < 4.78 is 18.7. The number of anilines is 2. The monoisotopic (exact) mass is 362 g/mol. The molecule has 2 N–H and O–H groups in total. The van der Waals surface area contributed by atoms with E-state index < -0.39 is 5.82 Å². The van der Waals surface area contributed by atoms with Crippen LogP contribution in [0, 0.1) is 5.82 Å². The number of ether oxygens (including phenoxy) is 1. The molecule has 0 fully saturated rings. The van der Waals surface area contributed by atoms with Crippen LogP contribution in [0.5, 0.6) is 5.75 Å². The van der Waals surface area contributed by atoms with E-state index in [1.165, 1.54) is 26.2 Å². The van der Waals surface area contributed by atoms with Crippen molar-refractivity contribution in [2.75, 3.05) is 17.7 Å². The van der Waals surface area contributed by atoms with Gasteiger partial charge in [-0.15, -0.1) is 0 Å². The SMILES string of the molecule is COc1cc2c(cc1NC(C)=O)C(c1ccc(F)cc1Cl)CC(=O)N2. The number of carbonyl (C=O) groups excluding carboxylic acids is 2. The first-order valence-corrected chi connectivity index (χ1v) is 8.01. The number of rotatable bonds is 3. The van der Waals surface area contributed by atoms with Gasteiger partial charge in [-0.2, -0.15) is 0 Å². The largest absolute Gasteiger partial charge is 0.494 e. The Bertz CT molecular complexity index is 870. The second-order valence-corrected chi connectivity index (χ2v) is 6.20. The summed E-state index contributed by atoms with van der Waals surface area (Å²) in [6, 6.07) is 7.52. The number of carbonyl (C=O) groups is 2. The van der Waals surface area contributed by atoms with Gasteiger partial charge >= 0.3 is 0 Å². The Labute approximate surface area is 149 Å². The van der Waals surface area contributed by atoms with Crippen molar-refractivity contribution in [3.8, 4) is 5.75 Å². The van der Waals surface area contributed by atoms with Gasteiger partial charge in [0.1, 0.15) is 11.6 Å². The van der Waals surface area contributed by atoms with E-state index in [0.29, 0.717) is 22.7 Å². The number of benzene rings is 2. The Hall–Kier alpha value is -2.60. The normalized spacial score (nSPS) is 16.0. The summed E-state index contributed by atoms with van der Waals surface area (Å²) in [6.07, 6.45) is 0.171. The Balaban J connectivity index is 2.15. The fourth-order valence-electron chi connectivity index (χ4n) is 3.01. The molecule has 7 heteroatoms. The Kier molecular flexibility index (Phi) is 4.63. The number of halogens is 2. The van der Waals surface area contributed by atoms with Gasteiger partial charge < -0.3 is 15.4 Å². The van der Waals surface area contributed by atoms with Crippen LogP contribution in [-0.4, -0.2) is 18.9 Å². The minimum absolute atomic E-state index is 0.171. The van der Waals surface area contributed by atoms with Crippen molar-refractivity contribution in [1.29, 1.82) is 0 Å². The van der Waals surface area contributed by atoms with Gasteiger partial charge in [0.2, 0.25) is 11.8 Å². The molecule has 0 radical (unpaired) electrons. The molecular weight excluding hydrogens is 347 g/mol. The third-order valence-corrected chi connectivity index (χ3v) is 4.39. The summed E-state index contributed by atoms with van der Waals surface area (Å²) in [5.74, 6) is -0.778. The van der Waals surface area contributed by atoms with E-state index >= 15 is 0 Å². The maximum absolute atomic E-state index is 13.4. The molecule has 1 aliphatic heterocycles. The first-order valence-electron chi connectivity index (χ1n) is 7.63. The van der Waals surface area contributed by atoms with E-state index in [-0.39, 0.29) is 29.2 Å². The maximum atomic E-state index is 13.4. The lowest BCUT2D eigenvalue weighted by Crippen LogP contribution is -2.24. The molecule has 0 saturated heterocycles. The van der Waals surface area contributed by atoms with E-state index in [2.05, 4.69) is 10.6 Å². The highest BCUT2D eigenvalue weighted by Crippen LogP contribution is 2.43. The molecule has 2 aromatic carbocycles. The van der Waals surface area contributed by atoms with Crippen LogP contribution in [0.3, 0.4) is 0 Å². The predicted molar refractivity (Wildman–Crippen MR) is 93.8 cm³/mol. The van der Waals surface area contributed by atoms with Gasteiger partial charge in [-0.1, -0.05) is 17.7 Å². The highest BCUT2D eigenvalue weighted by molar-refractivity contribution is 6.31. The van der Waals surface area contributed by atoms with E-state index in [4.69, 9.17) is 16.3 Å². The van der Waals surface area contributed by atoms with Gasteiger partial charge in [0.15, 0.2) is 0 Å². The lowest BCUT2D eigenvalue weighted by atomic mass is 9.84. The molecule has 130 valence electrons. The zero-order chi connectivity index (χ0) is 18.1. The van der Waals surface area contributed by atoms with Gasteiger partial charge in [0.25, 0.3) is 0 Å². The second kappa shape index (κ2) is 6.72. The Morgan fingerprint density at radius 1 is 1.32 bits per heavy atom. The van der Waals surface area contributed by atoms with Gasteiger partial charge in [0, 0.05) is 36.0 Å².